The minimum atomic E-state index is -4.73. The highest BCUT2D eigenvalue weighted by Gasteiger charge is 2.35. The van der Waals surface area contributed by atoms with Gasteiger partial charge in [0.05, 0.1) is 33.4 Å². The van der Waals surface area contributed by atoms with E-state index in [0.29, 0.717) is 5.56 Å². The fraction of sp³-hybridized carbons (Fsp3) is 0.233. The average Bonchev–Trinajstić information content (AvgIpc) is 3.53. The first kappa shape index (κ1) is 36.2. The first-order valence-electron chi connectivity index (χ1n) is 14.2. The number of aliphatic hydroxyl groups excluding tert-OH is 1. The van der Waals surface area contributed by atoms with Crippen molar-refractivity contribution >= 4 is 22.1 Å². The van der Waals surface area contributed by atoms with Gasteiger partial charge in [0, 0.05) is 5.56 Å². The molecule has 260 valence electrons. The van der Waals surface area contributed by atoms with Crippen LogP contribution in [0.25, 0.3) is 16.9 Å². The molecule has 0 aliphatic rings. The molecule has 1 amide bonds. The Bertz CT molecular complexity index is 1870. The van der Waals surface area contributed by atoms with Crippen LogP contribution < -0.4 is 4.72 Å². The van der Waals surface area contributed by atoms with Crippen molar-refractivity contribution in [2.24, 2.45) is 5.28 Å². The molecule has 0 atom stereocenters. The largest absolute Gasteiger partial charge is 0.569 e. The van der Waals surface area contributed by atoms with Gasteiger partial charge in [-0.1, -0.05) is 48.0 Å². The lowest BCUT2D eigenvalue weighted by Crippen LogP contribution is -2.38. The number of carbonyl (C=O) groups excluding carboxylic acids is 2. The molecule has 4 rings (SSSR count). The number of aliphatic hydroxyl groups is 1. The first-order valence-corrected chi connectivity index (χ1v) is 15.7. The van der Waals surface area contributed by atoms with Crippen LogP contribution in [0.1, 0.15) is 21.6 Å². The second-order valence-corrected chi connectivity index (χ2v) is 11.7. The van der Waals surface area contributed by atoms with Gasteiger partial charge in [-0.25, -0.2) is 27.4 Å². The minimum absolute atomic E-state index is 0.0896. The number of sulfonamides is 1. The number of alkyl halides is 3. The van der Waals surface area contributed by atoms with Gasteiger partial charge in [0.25, 0.3) is 16.8 Å². The predicted octanol–water partition coefficient (Wildman–Crippen LogP) is 4.20. The van der Waals surface area contributed by atoms with E-state index in [1.165, 1.54) is 24.3 Å². The highest BCUT2D eigenvalue weighted by atomic mass is 32.2. The summed E-state index contributed by atoms with van der Waals surface area (Å²) >= 11 is 0. The SMILES string of the molecule is Cc1ccc(-c2cc(C(F)(F)F)nn2-c2ccc(S(=O)(=O)NC(=O)OCCN(CCO)[N+]([O-])=NOCOC(=O)c3ccccc3)cc2)cc1. The third kappa shape index (κ3) is 9.91. The molecule has 19 heteroatoms. The Morgan fingerprint density at radius 3 is 2.33 bits per heavy atom. The Morgan fingerprint density at radius 2 is 1.69 bits per heavy atom. The minimum Gasteiger partial charge on any atom is -0.569 e. The molecular formula is C30H29F3N6O9S. The van der Waals surface area contributed by atoms with Gasteiger partial charge >= 0.3 is 18.2 Å². The van der Waals surface area contributed by atoms with Gasteiger partial charge in [-0.2, -0.15) is 18.3 Å². The summed E-state index contributed by atoms with van der Waals surface area (Å²) in [7, 11) is -4.50. The van der Waals surface area contributed by atoms with Crippen molar-refractivity contribution in [3.63, 3.8) is 0 Å². The number of rotatable bonds is 14. The Hall–Kier alpha value is -5.69. The summed E-state index contributed by atoms with van der Waals surface area (Å²) in [6.45, 7) is -0.599. The van der Waals surface area contributed by atoms with Crippen molar-refractivity contribution in [3.05, 3.63) is 107 Å². The third-order valence-electron chi connectivity index (χ3n) is 6.52. The molecule has 0 unspecified atom stereocenters. The summed E-state index contributed by atoms with van der Waals surface area (Å²) in [6, 6.07) is 20.1. The van der Waals surface area contributed by atoms with Crippen LogP contribution in [0.15, 0.2) is 95.1 Å². The first-order chi connectivity index (χ1) is 23.3. The molecule has 0 fully saturated rings. The molecule has 0 saturated heterocycles. The average molecular weight is 707 g/mol. The normalized spacial score (nSPS) is 11.9. The standard InChI is InChI=1S/C30H29F3N6O9S/c1-21-7-9-22(10-8-21)26-19-27(30(31,32)33)34-38(26)24-11-13-25(14-12-24)49(44,45)35-29(42)46-18-16-37(15-17-40)39(43)36-48-20-47-28(41)23-5-3-2-4-6-23/h2-14,19,40H,15-18,20H2,1H3,(H,35,42). The highest BCUT2D eigenvalue weighted by molar-refractivity contribution is 7.90. The zero-order valence-corrected chi connectivity index (χ0v) is 26.4. The van der Waals surface area contributed by atoms with Crippen molar-refractivity contribution in [3.8, 4) is 16.9 Å². The summed E-state index contributed by atoms with van der Waals surface area (Å²) in [4.78, 5) is 28.3. The second kappa shape index (κ2) is 15.9. The quantitative estimate of drug-likeness (QED) is 0.0478. The molecule has 0 radical (unpaired) electrons. The molecule has 15 nitrogen and oxygen atoms in total. The van der Waals surface area contributed by atoms with Gasteiger partial charge in [0.15, 0.2) is 5.69 Å². The molecule has 0 aliphatic heterocycles. The monoisotopic (exact) mass is 706 g/mol. The number of nitrogens with one attached hydrogen (secondary N) is 1. The van der Waals surface area contributed by atoms with Crippen LogP contribution in [0.2, 0.25) is 0 Å². The van der Waals surface area contributed by atoms with E-state index in [1.807, 2.05) is 6.92 Å². The number of aromatic nitrogens is 2. The molecule has 0 aliphatic carbocycles. The van der Waals surface area contributed by atoms with Crippen LogP contribution >= 0.6 is 0 Å². The maximum absolute atomic E-state index is 13.5. The zero-order valence-electron chi connectivity index (χ0n) is 25.6. The Morgan fingerprint density at radius 1 is 1.02 bits per heavy atom. The van der Waals surface area contributed by atoms with Gasteiger partial charge in [-0.15, -0.1) is 5.01 Å². The lowest BCUT2D eigenvalue weighted by Gasteiger charge is -2.17. The zero-order chi connectivity index (χ0) is 35.6. The van der Waals surface area contributed by atoms with E-state index in [4.69, 9.17) is 9.47 Å². The Balaban J connectivity index is 1.33. The highest BCUT2D eigenvalue weighted by Crippen LogP contribution is 2.33. The van der Waals surface area contributed by atoms with Crippen LogP contribution in [0.3, 0.4) is 0 Å². The van der Waals surface area contributed by atoms with E-state index in [0.717, 1.165) is 33.5 Å². The second-order valence-electron chi connectivity index (χ2n) is 9.98. The Kier molecular flexibility index (Phi) is 11.8. The number of ether oxygens (including phenoxy) is 2. The number of benzene rings is 3. The fourth-order valence-corrected chi connectivity index (χ4v) is 5.01. The lowest BCUT2D eigenvalue weighted by molar-refractivity contribution is -0.712. The Labute approximate surface area is 277 Å². The van der Waals surface area contributed by atoms with Crippen LogP contribution in [0.5, 0.6) is 0 Å². The van der Waals surface area contributed by atoms with Crippen molar-refractivity contribution in [1.29, 1.82) is 0 Å². The van der Waals surface area contributed by atoms with E-state index in [9.17, 15) is 41.5 Å². The number of hydrogen-bond donors (Lipinski definition) is 2. The number of esters is 1. The van der Waals surface area contributed by atoms with E-state index < -0.39 is 58.9 Å². The maximum atomic E-state index is 13.5. The maximum Gasteiger partial charge on any atom is 0.435 e. The van der Waals surface area contributed by atoms with Crippen LogP contribution in [-0.4, -0.2) is 78.4 Å². The molecule has 3 aromatic carbocycles. The number of amides is 1. The molecule has 1 heterocycles. The smallest absolute Gasteiger partial charge is 0.435 e. The molecular weight excluding hydrogens is 677 g/mol. The molecule has 49 heavy (non-hydrogen) atoms. The summed E-state index contributed by atoms with van der Waals surface area (Å²) < 4.78 is 78.4. The van der Waals surface area contributed by atoms with Crippen molar-refractivity contribution < 1.29 is 55.6 Å². The molecule has 0 bridgehead atoms. The van der Waals surface area contributed by atoms with Gasteiger partial charge < -0.3 is 24.6 Å². The number of halogens is 3. The molecule has 2 N–H and O–H groups in total. The van der Waals surface area contributed by atoms with Gasteiger partial charge in [-0.3, -0.25) is 0 Å². The van der Waals surface area contributed by atoms with E-state index in [1.54, 1.807) is 47.2 Å². The van der Waals surface area contributed by atoms with Crippen molar-refractivity contribution in [2.45, 2.75) is 18.0 Å². The van der Waals surface area contributed by atoms with E-state index in [-0.39, 0.29) is 35.0 Å². The predicted molar refractivity (Wildman–Crippen MR) is 163 cm³/mol. The van der Waals surface area contributed by atoms with Gasteiger partial charge in [0.1, 0.15) is 19.7 Å². The van der Waals surface area contributed by atoms with Crippen molar-refractivity contribution in [1.82, 2.24) is 19.5 Å². The van der Waals surface area contributed by atoms with Crippen molar-refractivity contribution in [2.75, 3.05) is 33.1 Å². The number of hydrogen-bond acceptors (Lipinski definition) is 11. The molecule has 0 spiro atoms. The van der Waals surface area contributed by atoms with Crippen LogP contribution in [-0.2, 0) is 30.5 Å². The molecule has 4 aromatic rings. The third-order valence-corrected chi connectivity index (χ3v) is 7.85. The number of carbonyl (C=O) groups is 2. The summed E-state index contributed by atoms with van der Waals surface area (Å²) in [5, 5.41) is 29.1. The fourth-order valence-electron chi connectivity index (χ4n) is 4.12. The van der Waals surface area contributed by atoms with Gasteiger partial charge in [-0.05, 0) is 49.4 Å². The summed E-state index contributed by atoms with van der Waals surface area (Å²) in [6.07, 6.45) is -6.14. The van der Waals surface area contributed by atoms with Gasteiger partial charge in [0.2, 0.25) is 5.28 Å². The number of aryl methyl sites for hydroxylation is 1. The van der Waals surface area contributed by atoms with Crippen LogP contribution in [0.4, 0.5) is 18.0 Å². The summed E-state index contributed by atoms with van der Waals surface area (Å²) in [5.41, 5.74) is 0.656. The van der Waals surface area contributed by atoms with E-state index >= 15 is 0 Å². The molecule has 1 aromatic heterocycles. The summed E-state index contributed by atoms with van der Waals surface area (Å²) in [5.74, 6) is -0.726. The lowest BCUT2D eigenvalue weighted by atomic mass is 10.1. The van der Waals surface area contributed by atoms with E-state index in [2.05, 4.69) is 15.2 Å². The van der Waals surface area contributed by atoms with Crippen LogP contribution in [0, 0.1) is 12.1 Å². The molecule has 0 saturated carbocycles. The topological polar surface area (TPSA) is 188 Å². The number of nitrogens with zero attached hydrogens (tertiary/aromatic N) is 5. The number of hydrazine groups is 1.